The van der Waals surface area contributed by atoms with Gasteiger partial charge in [0.15, 0.2) is 0 Å². The molecule has 1 aliphatic rings. The predicted octanol–water partition coefficient (Wildman–Crippen LogP) is 3.11. The first-order valence-corrected chi connectivity index (χ1v) is 9.20. The molecule has 4 N–H and O–H groups in total. The number of hydrogen-bond donors (Lipinski definition) is 4. The molecule has 1 aliphatic heterocycles. The Morgan fingerprint density at radius 2 is 2.07 bits per heavy atom. The number of nitrogens with zero attached hydrogens (tertiary/aromatic N) is 1. The Bertz CT molecular complexity index is 812. The van der Waals surface area contributed by atoms with Crippen molar-refractivity contribution in [3.63, 3.8) is 0 Å². The fourth-order valence-corrected chi connectivity index (χ4v) is 3.01. The second kappa shape index (κ2) is 8.83. The van der Waals surface area contributed by atoms with Crippen molar-refractivity contribution in [3.8, 4) is 0 Å². The van der Waals surface area contributed by atoms with Gasteiger partial charge in [-0.2, -0.15) is 0 Å². The highest BCUT2D eigenvalue weighted by Gasteiger charge is 2.22. The van der Waals surface area contributed by atoms with Crippen molar-refractivity contribution in [2.75, 3.05) is 23.7 Å². The number of halogens is 1. The molecule has 3 rings (SSSR count). The zero-order chi connectivity index (χ0) is 19.2. The Morgan fingerprint density at radius 1 is 1.22 bits per heavy atom. The van der Waals surface area contributed by atoms with Gasteiger partial charge in [-0.25, -0.2) is 9.78 Å². The van der Waals surface area contributed by atoms with Gasteiger partial charge < -0.3 is 21.3 Å². The van der Waals surface area contributed by atoms with Gasteiger partial charge in [0, 0.05) is 30.0 Å². The van der Waals surface area contributed by atoms with E-state index in [4.69, 9.17) is 11.6 Å². The van der Waals surface area contributed by atoms with Gasteiger partial charge in [-0.3, -0.25) is 4.79 Å². The van der Waals surface area contributed by atoms with E-state index in [1.807, 2.05) is 0 Å². The Balaban J connectivity index is 1.60. The summed E-state index contributed by atoms with van der Waals surface area (Å²) in [7, 11) is 0. The summed E-state index contributed by atoms with van der Waals surface area (Å²) in [6.07, 6.45) is 2.49. The minimum Gasteiger partial charge on any atom is -0.334 e. The van der Waals surface area contributed by atoms with Crippen molar-refractivity contribution >= 4 is 35.0 Å². The van der Waals surface area contributed by atoms with E-state index in [9.17, 15) is 9.59 Å². The van der Waals surface area contributed by atoms with Crippen molar-refractivity contribution in [1.82, 2.24) is 15.6 Å². The molecule has 2 unspecified atom stereocenters. The molecule has 1 aromatic carbocycles. The number of piperidine rings is 1. The first kappa shape index (κ1) is 19.1. The van der Waals surface area contributed by atoms with Crippen molar-refractivity contribution in [3.05, 3.63) is 53.2 Å². The molecule has 7 nitrogen and oxygen atoms in total. The van der Waals surface area contributed by atoms with E-state index in [1.165, 1.54) is 6.20 Å². The van der Waals surface area contributed by atoms with E-state index in [2.05, 4.69) is 33.2 Å². The first-order valence-electron chi connectivity index (χ1n) is 8.82. The van der Waals surface area contributed by atoms with E-state index in [-0.39, 0.29) is 18.0 Å². The van der Waals surface area contributed by atoms with Crippen LogP contribution in [0.3, 0.4) is 0 Å². The lowest BCUT2D eigenvalue weighted by Crippen LogP contribution is -2.51. The molecule has 3 amide bonds. The molecule has 0 radical (unpaired) electrons. The summed E-state index contributed by atoms with van der Waals surface area (Å²) in [6, 6.07) is 9.80. The summed E-state index contributed by atoms with van der Waals surface area (Å²) >= 11 is 5.79. The Labute approximate surface area is 162 Å². The zero-order valence-electron chi connectivity index (χ0n) is 15.0. The number of aromatic nitrogens is 1. The number of nitrogens with one attached hydrogen (secondary N) is 4. The van der Waals surface area contributed by atoms with Crippen LogP contribution in [0.2, 0.25) is 5.02 Å². The number of rotatable bonds is 4. The maximum Gasteiger partial charge on any atom is 0.319 e. The molecule has 1 aromatic heterocycles. The van der Waals surface area contributed by atoms with Crippen molar-refractivity contribution < 1.29 is 9.59 Å². The molecule has 0 bridgehead atoms. The minimum absolute atomic E-state index is 0.0845. The van der Waals surface area contributed by atoms with Crippen LogP contribution in [-0.4, -0.2) is 36.1 Å². The van der Waals surface area contributed by atoms with E-state index < -0.39 is 0 Å². The Kier molecular flexibility index (Phi) is 6.26. The molecule has 0 spiro atoms. The van der Waals surface area contributed by atoms with Gasteiger partial charge in [0.05, 0.1) is 5.02 Å². The van der Waals surface area contributed by atoms with Crippen LogP contribution in [0.5, 0.6) is 0 Å². The van der Waals surface area contributed by atoms with E-state index in [0.717, 1.165) is 19.5 Å². The highest BCUT2D eigenvalue weighted by atomic mass is 35.5. The fraction of sp³-hybridized carbons (Fsp3) is 0.316. The van der Waals surface area contributed by atoms with Crippen molar-refractivity contribution in [1.29, 1.82) is 0 Å². The molecular weight excluding hydrogens is 366 g/mol. The molecule has 8 heteroatoms. The Morgan fingerprint density at radius 3 is 2.81 bits per heavy atom. The number of carbonyl (C=O) groups is 2. The lowest BCUT2D eigenvalue weighted by Gasteiger charge is -2.30. The number of pyridine rings is 1. The molecule has 0 aliphatic carbocycles. The summed E-state index contributed by atoms with van der Waals surface area (Å²) in [5, 5.41) is 12.2. The van der Waals surface area contributed by atoms with Gasteiger partial charge in [-0.05, 0) is 49.2 Å². The zero-order valence-corrected chi connectivity index (χ0v) is 15.7. The number of anilines is 2. The number of hydrogen-bond acceptors (Lipinski definition) is 4. The molecule has 142 valence electrons. The third-order valence-corrected chi connectivity index (χ3v) is 4.72. The molecule has 2 heterocycles. The van der Waals surface area contributed by atoms with Crippen LogP contribution in [0, 0.1) is 5.92 Å². The molecular formula is C19H22ClN5O2. The van der Waals surface area contributed by atoms with Gasteiger partial charge in [0.1, 0.15) is 5.82 Å². The molecule has 27 heavy (non-hydrogen) atoms. The molecule has 2 atom stereocenters. The Hall–Kier alpha value is -2.64. The van der Waals surface area contributed by atoms with Crippen LogP contribution < -0.4 is 21.3 Å². The number of urea groups is 1. The van der Waals surface area contributed by atoms with Crippen LogP contribution in [-0.2, 0) is 0 Å². The number of benzene rings is 1. The normalized spacial score (nSPS) is 19.2. The average Bonchev–Trinajstić information content (AvgIpc) is 2.65. The molecule has 1 saturated heterocycles. The number of amides is 3. The molecule has 1 fully saturated rings. The summed E-state index contributed by atoms with van der Waals surface area (Å²) in [6.45, 7) is 3.85. The van der Waals surface area contributed by atoms with Crippen LogP contribution in [0.1, 0.15) is 23.7 Å². The summed E-state index contributed by atoms with van der Waals surface area (Å²) in [5.41, 5.74) is 0.956. The predicted molar refractivity (Wildman–Crippen MR) is 106 cm³/mol. The van der Waals surface area contributed by atoms with Gasteiger partial charge in [0.2, 0.25) is 0 Å². The summed E-state index contributed by atoms with van der Waals surface area (Å²) < 4.78 is 0. The first-order chi connectivity index (χ1) is 13.0. The van der Waals surface area contributed by atoms with Gasteiger partial charge >= 0.3 is 6.03 Å². The highest BCUT2D eigenvalue weighted by molar-refractivity contribution is 6.30. The average molecular weight is 388 g/mol. The minimum atomic E-state index is -0.320. The topological polar surface area (TPSA) is 95.1 Å². The second-order valence-electron chi connectivity index (χ2n) is 6.57. The van der Waals surface area contributed by atoms with Gasteiger partial charge in [0.25, 0.3) is 5.91 Å². The molecule has 0 saturated carbocycles. The highest BCUT2D eigenvalue weighted by Crippen LogP contribution is 2.15. The number of carbonyl (C=O) groups excluding carboxylic acids is 2. The van der Waals surface area contributed by atoms with Crippen LogP contribution >= 0.6 is 11.6 Å². The lowest BCUT2D eigenvalue weighted by molar-refractivity contribution is 0.102. The third kappa shape index (κ3) is 5.42. The van der Waals surface area contributed by atoms with E-state index in [0.29, 0.717) is 28.0 Å². The summed E-state index contributed by atoms with van der Waals surface area (Å²) in [5.74, 6) is 0.499. The molecule has 2 aromatic rings. The van der Waals surface area contributed by atoms with Crippen molar-refractivity contribution in [2.24, 2.45) is 5.92 Å². The van der Waals surface area contributed by atoms with E-state index in [1.54, 1.807) is 36.4 Å². The second-order valence-corrected chi connectivity index (χ2v) is 7.01. The summed E-state index contributed by atoms with van der Waals surface area (Å²) in [4.78, 5) is 28.7. The van der Waals surface area contributed by atoms with Crippen LogP contribution in [0.25, 0.3) is 0 Å². The van der Waals surface area contributed by atoms with Crippen LogP contribution in [0.15, 0.2) is 42.6 Å². The van der Waals surface area contributed by atoms with Gasteiger partial charge in [-0.15, -0.1) is 0 Å². The van der Waals surface area contributed by atoms with E-state index >= 15 is 0 Å². The monoisotopic (exact) mass is 387 g/mol. The lowest BCUT2D eigenvalue weighted by atomic mass is 9.95. The maximum atomic E-state index is 12.4. The van der Waals surface area contributed by atoms with Crippen LogP contribution in [0.4, 0.5) is 16.3 Å². The SMILES string of the molecule is CC1CCNCC1NC(=O)Nc1cccc(C(=O)Nc2ccc(Cl)cn2)c1. The maximum absolute atomic E-state index is 12.4. The quantitative estimate of drug-likeness (QED) is 0.648. The van der Waals surface area contributed by atoms with Gasteiger partial charge in [-0.1, -0.05) is 24.6 Å². The smallest absolute Gasteiger partial charge is 0.319 e. The largest absolute Gasteiger partial charge is 0.334 e. The van der Waals surface area contributed by atoms with Crippen molar-refractivity contribution in [2.45, 2.75) is 19.4 Å². The standard InChI is InChI=1S/C19H22ClN5O2/c1-12-7-8-21-11-16(12)24-19(27)23-15-4-2-3-13(9-15)18(26)25-17-6-5-14(20)10-22-17/h2-6,9-10,12,16,21H,7-8,11H2,1H3,(H,22,25,26)(H2,23,24,27). The fourth-order valence-electron chi connectivity index (χ4n) is 2.89. The third-order valence-electron chi connectivity index (χ3n) is 4.50.